The molecular weight excluding hydrogens is 359 g/mol. The molecule has 0 spiro atoms. The molecule has 3 aromatic rings. The number of benzene rings is 1. The lowest BCUT2D eigenvalue weighted by molar-refractivity contribution is -0.115. The first-order valence-electron chi connectivity index (χ1n) is 6.85. The number of ether oxygens (including phenoxy) is 1. The van der Waals surface area contributed by atoms with Crippen LogP contribution >= 0.6 is 11.3 Å². The van der Waals surface area contributed by atoms with Crippen LogP contribution in [-0.2, 0) is 11.2 Å². The molecule has 0 aliphatic rings. The zero-order chi connectivity index (χ0) is 17.8. The summed E-state index contributed by atoms with van der Waals surface area (Å²) in [4.78, 5) is 20.2. The first kappa shape index (κ1) is 16.9. The second-order valence-electron chi connectivity index (χ2n) is 4.73. The van der Waals surface area contributed by atoms with Gasteiger partial charge in [0.2, 0.25) is 5.91 Å². The van der Waals surface area contributed by atoms with E-state index in [0.717, 1.165) is 12.1 Å². The number of aromatic amines is 1. The van der Waals surface area contributed by atoms with Gasteiger partial charge in [-0.25, -0.2) is 14.4 Å². The van der Waals surface area contributed by atoms with Crippen LogP contribution in [0.15, 0.2) is 29.9 Å². The Bertz CT molecular complexity index is 869. The maximum absolute atomic E-state index is 13.6. The average Bonchev–Trinajstić information content (AvgIpc) is 3.20. The van der Waals surface area contributed by atoms with E-state index in [4.69, 9.17) is 0 Å². The van der Waals surface area contributed by atoms with Crippen LogP contribution in [0.1, 0.15) is 5.69 Å². The Morgan fingerprint density at radius 3 is 2.92 bits per heavy atom. The fraction of sp³-hybridized carbons (Fsp3) is 0.143. The number of anilines is 1. The molecule has 0 aliphatic heterocycles. The predicted molar refractivity (Wildman–Crippen MR) is 82.9 cm³/mol. The van der Waals surface area contributed by atoms with Gasteiger partial charge in [0.25, 0.3) is 0 Å². The van der Waals surface area contributed by atoms with Crippen LogP contribution in [0.2, 0.25) is 0 Å². The Morgan fingerprint density at radius 2 is 2.24 bits per heavy atom. The number of alkyl halides is 2. The zero-order valence-corrected chi connectivity index (χ0v) is 13.2. The second kappa shape index (κ2) is 7.30. The highest BCUT2D eigenvalue weighted by Crippen LogP contribution is 2.23. The van der Waals surface area contributed by atoms with Crippen molar-refractivity contribution in [3.05, 3.63) is 41.4 Å². The molecule has 0 unspecified atom stereocenters. The Morgan fingerprint density at radius 1 is 1.40 bits per heavy atom. The van der Waals surface area contributed by atoms with Crippen molar-refractivity contribution in [3.63, 3.8) is 0 Å². The molecule has 130 valence electrons. The molecule has 0 fully saturated rings. The minimum atomic E-state index is -3.13. The zero-order valence-electron chi connectivity index (χ0n) is 12.4. The second-order valence-corrected chi connectivity index (χ2v) is 5.58. The van der Waals surface area contributed by atoms with Crippen LogP contribution in [0.3, 0.4) is 0 Å². The molecule has 7 nitrogen and oxygen atoms in total. The molecule has 0 saturated heterocycles. The van der Waals surface area contributed by atoms with E-state index in [1.807, 2.05) is 0 Å². The summed E-state index contributed by atoms with van der Waals surface area (Å²) in [7, 11) is 0. The number of thiazole rings is 1. The Kier molecular flexibility index (Phi) is 4.93. The van der Waals surface area contributed by atoms with Gasteiger partial charge >= 0.3 is 6.61 Å². The predicted octanol–water partition coefficient (Wildman–Crippen LogP) is 2.85. The first-order valence-corrected chi connectivity index (χ1v) is 7.73. The Labute approximate surface area is 142 Å². The van der Waals surface area contributed by atoms with Crippen molar-refractivity contribution in [2.45, 2.75) is 13.0 Å². The van der Waals surface area contributed by atoms with Crippen molar-refractivity contribution in [2.24, 2.45) is 0 Å². The number of halogens is 3. The molecule has 11 heteroatoms. The molecule has 0 radical (unpaired) electrons. The minimum absolute atomic E-state index is 0.0401. The van der Waals surface area contributed by atoms with E-state index in [1.54, 1.807) is 5.38 Å². The number of H-pyrrole nitrogens is 1. The summed E-state index contributed by atoms with van der Waals surface area (Å²) < 4.78 is 41.8. The maximum Gasteiger partial charge on any atom is 0.387 e. The van der Waals surface area contributed by atoms with Crippen LogP contribution in [0.5, 0.6) is 5.75 Å². The van der Waals surface area contributed by atoms with Crippen LogP contribution in [0.25, 0.3) is 10.8 Å². The molecule has 2 N–H and O–H groups in total. The number of nitrogens with one attached hydrogen (secondary N) is 2. The van der Waals surface area contributed by atoms with Crippen LogP contribution in [0, 0.1) is 5.82 Å². The van der Waals surface area contributed by atoms with Gasteiger partial charge in [0.05, 0.1) is 12.1 Å². The highest BCUT2D eigenvalue weighted by molar-refractivity contribution is 7.13. The summed E-state index contributed by atoms with van der Waals surface area (Å²) in [6, 6.07) is 3.18. The van der Waals surface area contributed by atoms with Crippen molar-refractivity contribution in [2.75, 3.05) is 5.32 Å². The van der Waals surface area contributed by atoms with Gasteiger partial charge in [-0.3, -0.25) is 9.89 Å². The summed E-state index contributed by atoms with van der Waals surface area (Å²) >= 11 is 1.29. The van der Waals surface area contributed by atoms with Crippen molar-refractivity contribution in [1.29, 1.82) is 0 Å². The number of rotatable bonds is 6. The molecule has 2 heterocycles. The molecular formula is C14H10F3N5O2S. The summed E-state index contributed by atoms with van der Waals surface area (Å²) in [5.41, 5.74) is 0.627. The fourth-order valence-electron chi connectivity index (χ4n) is 1.95. The first-order chi connectivity index (χ1) is 12.0. The van der Waals surface area contributed by atoms with Gasteiger partial charge in [0, 0.05) is 17.1 Å². The monoisotopic (exact) mass is 369 g/mol. The van der Waals surface area contributed by atoms with Crippen LogP contribution < -0.4 is 10.1 Å². The topological polar surface area (TPSA) is 92.8 Å². The number of aromatic nitrogens is 4. The van der Waals surface area contributed by atoms with Gasteiger partial charge in [-0.2, -0.15) is 13.9 Å². The molecule has 0 aliphatic carbocycles. The Hall–Kier alpha value is -2.95. The van der Waals surface area contributed by atoms with Crippen molar-refractivity contribution >= 4 is 22.9 Å². The summed E-state index contributed by atoms with van der Waals surface area (Å²) in [5.74, 6) is -1.53. The molecule has 1 amide bonds. The third-order valence-corrected chi connectivity index (χ3v) is 3.84. The van der Waals surface area contributed by atoms with Gasteiger partial charge in [-0.15, -0.1) is 11.3 Å². The van der Waals surface area contributed by atoms with E-state index in [0.29, 0.717) is 16.5 Å². The number of hydrogen-bond acceptors (Lipinski definition) is 6. The minimum Gasteiger partial charge on any atom is -0.432 e. The molecule has 0 atom stereocenters. The fourth-order valence-corrected chi connectivity index (χ4v) is 2.71. The van der Waals surface area contributed by atoms with E-state index in [2.05, 4.69) is 30.2 Å². The van der Waals surface area contributed by atoms with E-state index < -0.39 is 24.1 Å². The number of nitrogens with zero attached hydrogens (tertiary/aromatic N) is 3. The largest absolute Gasteiger partial charge is 0.432 e. The Balaban J connectivity index is 1.62. The molecule has 3 rings (SSSR count). The molecule has 0 bridgehead atoms. The van der Waals surface area contributed by atoms with Crippen LogP contribution in [-0.4, -0.2) is 32.7 Å². The van der Waals surface area contributed by atoms with Crippen LogP contribution in [0.4, 0.5) is 18.9 Å². The van der Waals surface area contributed by atoms with Crippen molar-refractivity contribution in [1.82, 2.24) is 20.2 Å². The SMILES string of the molecule is O=C(Cc1csc(-c2ncn[nH]2)n1)Nc1ccc(OC(F)F)c(F)c1. The normalized spacial score (nSPS) is 10.9. The highest BCUT2D eigenvalue weighted by Gasteiger charge is 2.13. The summed E-state index contributed by atoms with van der Waals surface area (Å²) in [5, 5.41) is 11.1. The summed E-state index contributed by atoms with van der Waals surface area (Å²) in [6.07, 6.45) is 1.31. The van der Waals surface area contributed by atoms with Gasteiger partial charge in [-0.05, 0) is 12.1 Å². The lowest BCUT2D eigenvalue weighted by atomic mass is 10.2. The molecule has 2 aromatic heterocycles. The van der Waals surface area contributed by atoms with Gasteiger partial charge in [-0.1, -0.05) is 0 Å². The van der Waals surface area contributed by atoms with Crippen molar-refractivity contribution in [3.8, 4) is 16.6 Å². The van der Waals surface area contributed by atoms with E-state index >= 15 is 0 Å². The molecule has 1 aromatic carbocycles. The van der Waals surface area contributed by atoms with Gasteiger partial charge in [0.1, 0.15) is 6.33 Å². The number of hydrogen-bond donors (Lipinski definition) is 2. The van der Waals surface area contributed by atoms with E-state index in [1.165, 1.54) is 23.7 Å². The smallest absolute Gasteiger partial charge is 0.387 e. The third-order valence-electron chi connectivity index (χ3n) is 2.94. The lowest BCUT2D eigenvalue weighted by Crippen LogP contribution is -2.15. The molecule has 25 heavy (non-hydrogen) atoms. The standard InChI is InChI=1S/C14H10F3N5O2S/c15-9-3-7(1-2-10(9)24-14(16)17)20-11(23)4-8-5-25-13(21-8)12-18-6-19-22-12/h1-3,5-6,14H,4H2,(H,20,23)(H,18,19,22). The maximum atomic E-state index is 13.6. The molecule has 0 saturated carbocycles. The number of carbonyl (C=O) groups is 1. The highest BCUT2D eigenvalue weighted by atomic mass is 32.1. The number of amides is 1. The van der Waals surface area contributed by atoms with Crippen molar-refractivity contribution < 1.29 is 22.7 Å². The quantitative estimate of drug-likeness (QED) is 0.697. The summed E-state index contributed by atoms with van der Waals surface area (Å²) in [6.45, 7) is -3.13. The van der Waals surface area contributed by atoms with Gasteiger partial charge < -0.3 is 10.1 Å². The number of carbonyl (C=O) groups excluding carboxylic acids is 1. The van der Waals surface area contributed by atoms with E-state index in [-0.39, 0.29) is 12.1 Å². The average molecular weight is 369 g/mol. The lowest BCUT2D eigenvalue weighted by Gasteiger charge is -2.08. The van der Waals surface area contributed by atoms with E-state index in [9.17, 15) is 18.0 Å². The van der Waals surface area contributed by atoms with Gasteiger partial charge in [0.15, 0.2) is 22.4 Å². The third kappa shape index (κ3) is 4.32.